The minimum atomic E-state index is -0.210. The topological polar surface area (TPSA) is 57.2 Å². The number of esters is 1. The van der Waals surface area contributed by atoms with Crippen LogP contribution in [0, 0.1) is 17.7 Å². The molecule has 0 aromatic heterocycles. The monoisotopic (exact) mass is 364 g/mol. The van der Waals surface area contributed by atoms with E-state index in [-0.39, 0.29) is 23.6 Å². The SMILES string of the molecule is CN=C(NCCCN(C)c1ccccc1F)N1CC(C)C(C(=O)OC)C1. The standard InChI is InChI=1S/C19H29FN4O2/c1-14-12-24(13-15(14)18(25)26-4)19(21-2)22-10-7-11-23(3)17-9-6-5-8-16(17)20/h5-6,8-9,14-15H,7,10-13H2,1-4H3,(H,21,22). The summed E-state index contributed by atoms with van der Waals surface area (Å²) in [6.45, 7) is 4.89. The fourth-order valence-electron chi connectivity index (χ4n) is 3.33. The van der Waals surface area contributed by atoms with Crippen LogP contribution in [0.25, 0.3) is 0 Å². The number of anilines is 1. The maximum Gasteiger partial charge on any atom is 0.310 e. The number of carbonyl (C=O) groups is 1. The molecular weight excluding hydrogens is 335 g/mol. The van der Waals surface area contributed by atoms with Crippen molar-refractivity contribution in [2.45, 2.75) is 13.3 Å². The van der Waals surface area contributed by atoms with Gasteiger partial charge >= 0.3 is 5.97 Å². The lowest BCUT2D eigenvalue weighted by Crippen LogP contribution is -2.41. The third-order valence-corrected chi connectivity index (χ3v) is 4.84. The Morgan fingerprint density at radius 3 is 2.81 bits per heavy atom. The number of benzene rings is 1. The fraction of sp³-hybridized carbons (Fsp3) is 0.579. The van der Waals surface area contributed by atoms with E-state index >= 15 is 0 Å². The number of aliphatic imine (C=N–C) groups is 1. The number of rotatable bonds is 6. The van der Waals surface area contributed by atoms with E-state index in [0.29, 0.717) is 12.2 Å². The Morgan fingerprint density at radius 1 is 1.42 bits per heavy atom. The van der Waals surface area contributed by atoms with Crippen molar-refractivity contribution in [2.75, 3.05) is 52.3 Å². The van der Waals surface area contributed by atoms with Crippen molar-refractivity contribution >= 4 is 17.6 Å². The van der Waals surface area contributed by atoms with Gasteiger partial charge < -0.3 is 19.9 Å². The van der Waals surface area contributed by atoms with Crippen molar-refractivity contribution in [3.05, 3.63) is 30.1 Å². The van der Waals surface area contributed by atoms with Crippen LogP contribution in [-0.2, 0) is 9.53 Å². The zero-order chi connectivity index (χ0) is 19.1. The highest BCUT2D eigenvalue weighted by Gasteiger charge is 2.36. The van der Waals surface area contributed by atoms with Crippen molar-refractivity contribution in [1.29, 1.82) is 0 Å². The number of ether oxygens (including phenoxy) is 1. The summed E-state index contributed by atoms with van der Waals surface area (Å²) >= 11 is 0. The third-order valence-electron chi connectivity index (χ3n) is 4.84. The molecule has 1 fully saturated rings. The number of nitrogens with zero attached hydrogens (tertiary/aromatic N) is 3. The molecule has 1 saturated heterocycles. The van der Waals surface area contributed by atoms with Gasteiger partial charge in [-0.05, 0) is 24.5 Å². The number of hydrogen-bond donors (Lipinski definition) is 1. The zero-order valence-electron chi connectivity index (χ0n) is 16.0. The van der Waals surface area contributed by atoms with Gasteiger partial charge in [-0.1, -0.05) is 19.1 Å². The summed E-state index contributed by atoms with van der Waals surface area (Å²) in [5.41, 5.74) is 0.603. The van der Waals surface area contributed by atoms with Crippen molar-refractivity contribution < 1.29 is 13.9 Å². The summed E-state index contributed by atoms with van der Waals surface area (Å²) < 4.78 is 18.7. The molecule has 0 radical (unpaired) electrons. The maximum absolute atomic E-state index is 13.8. The minimum Gasteiger partial charge on any atom is -0.469 e. The number of methoxy groups -OCH3 is 1. The second-order valence-corrected chi connectivity index (χ2v) is 6.71. The first-order chi connectivity index (χ1) is 12.5. The molecule has 7 heteroatoms. The molecule has 1 aromatic rings. The molecule has 2 rings (SSSR count). The Kier molecular flexibility index (Phi) is 7.24. The van der Waals surface area contributed by atoms with Gasteiger partial charge in [-0.15, -0.1) is 0 Å². The minimum absolute atomic E-state index is 0.120. The van der Waals surface area contributed by atoms with E-state index in [1.54, 1.807) is 19.2 Å². The van der Waals surface area contributed by atoms with Crippen molar-refractivity contribution in [1.82, 2.24) is 10.2 Å². The van der Waals surface area contributed by atoms with Crippen LogP contribution in [0.3, 0.4) is 0 Å². The summed E-state index contributed by atoms with van der Waals surface area (Å²) in [4.78, 5) is 20.1. The largest absolute Gasteiger partial charge is 0.469 e. The summed E-state index contributed by atoms with van der Waals surface area (Å²) in [7, 11) is 5.05. The van der Waals surface area contributed by atoms with Gasteiger partial charge in [0.2, 0.25) is 0 Å². The molecule has 1 aliphatic heterocycles. The summed E-state index contributed by atoms with van der Waals surface area (Å²) in [6.07, 6.45) is 0.841. The average Bonchev–Trinajstić information content (AvgIpc) is 3.02. The molecule has 1 heterocycles. The number of nitrogens with one attached hydrogen (secondary N) is 1. The predicted octanol–water partition coefficient (Wildman–Crippen LogP) is 1.97. The van der Waals surface area contributed by atoms with Crippen LogP contribution in [0.1, 0.15) is 13.3 Å². The molecule has 2 unspecified atom stereocenters. The molecule has 1 N–H and O–H groups in total. The second kappa shape index (κ2) is 9.40. The van der Waals surface area contributed by atoms with Gasteiger partial charge in [-0.3, -0.25) is 9.79 Å². The van der Waals surface area contributed by atoms with Crippen LogP contribution < -0.4 is 10.2 Å². The van der Waals surface area contributed by atoms with E-state index in [0.717, 1.165) is 32.0 Å². The Balaban J connectivity index is 1.79. The number of guanidine groups is 1. The van der Waals surface area contributed by atoms with Gasteiger partial charge in [0.25, 0.3) is 0 Å². The van der Waals surface area contributed by atoms with Crippen LogP contribution >= 0.6 is 0 Å². The number of carbonyl (C=O) groups excluding carboxylic acids is 1. The van der Waals surface area contributed by atoms with E-state index in [1.165, 1.54) is 13.2 Å². The van der Waals surface area contributed by atoms with E-state index < -0.39 is 0 Å². The van der Waals surface area contributed by atoms with Gasteiger partial charge in [0.05, 0.1) is 18.7 Å². The van der Waals surface area contributed by atoms with Gasteiger partial charge in [0.15, 0.2) is 5.96 Å². The lowest BCUT2D eigenvalue weighted by atomic mass is 9.99. The zero-order valence-corrected chi connectivity index (χ0v) is 16.0. The summed E-state index contributed by atoms with van der Waals surface area (Å²) in [6, 6.07) is 6.77. The normalized spacial score (nSPS) is 20.2. The number of likely N-dealkylation sites (tertiary alicyclic amines) is 1. The van der Waals surface area contributed by atoms with Gasteiger partial charge in [0, 0.05) is 40.3 Å². The molecule has 0 amide bonds. The van der Waals surface area contributed by atoms with E-state index in [1.807, 2.05) is 18.0 Å². The van der Waals surface area contributed by atoms with Crippen LogP contribution in [0.4, 0.5) is 10.1 Å². The van der Waals surface area contributed by atoms with Crippen molar-refractivity contribution in [3.63, 3.8) is 0 Å². The maximum atomic E-state index is 13.8. The number of halogens is 1. The Bertz CT molecular complexity index is 638. The number of para-hydroxylation sites is 1. The number of hydrogen-bond acceptors (Lipinski definition) is 4. The van der Waals surface area contributed by atoms with Gasteiger partial charge in [-0.2, -0.15) is 0 Å². The molecule has 0 aliphatic carbocycles. The first-order valence-electron chi connectivity index (χ1n) is 8.97. The van der Waals surface area contributed by atoms with Crippen LogP contribution in [-0.4, -0.2) is 64.2 Å². The molecule has 0 spiro atoms. The Hall–Kier alpha value is -2.31. The molecule has 0 saturated carbocycles. The molecule has 26 heavy (non-hydrogen) atoms. The first-order valence-corrected chi connectivity index (χ1v) is 8.97. The second-order valence-electron chi connectivity index (χ2n) is 6.71. The molecule has 1 aliphatic rings. The Morgan fingerprint density at radius 2 is 2.15 bits per heavy atom. The molecule has 144 valence electrons. The quantitative estimate of drug-likeness (QED) is 0.362. The Labute approximate surface area is 155 Å². The molecule has 1 aromatic carbocycles. The fourth-order valence-corrected chi connectivity index (χ4v) is 3.33. The van der Waals surface area contributed by atoms with Crippen LogP contribution in [0.2, 0.25) is 0 Å². The predicted molar refractivity (Wildman–Crippen MR) is 102 cm³/mol. The molecule has 2 atom stereocenters. The average molecular weight is 364 g/mol. The third kappa shape index (κ3) is 4.86. The lowest BCUT2D eigenvalue weighted by molar-refractivity contribution is -0.145. The first kappa shape index (κ1) is 20.0. The highest BCUT2D eigenvalue weighted by atomic mass is 19.1. The van der Waals surface area contributed by atoms with Crippen LogP contribution in [0.15, 0.2) is 29.3 Å². The lowest BCUT2D eigenvalue weighted by Gasteiger charge is -2.23. The molecular formula is C19H29FN4O2. The van der Waals surface area contributed by atoms with E-state index in [9.17, 15) is 9.18 Å². The summed E-state index contributed by atoms with van der Waals surface area (Å²) in [5, 5.41) is 3.33. The van der Waals surface area contributed by atoms with Gasteiger partial charge in [0.1, 0.15) is 5.82 Å². The van der Waals surface area contributed by atoms with Crippen molar-refractivity contribution in [2.24, 2.45) is 16.8 Å². The highest BCUT2D eigenvalue weighted by Crippen LogP contribution is 2.24. The molecule has 0 bridgehead atoms. The van der Waals surface area contributed by atoms with Crippen LogP contribution in [0.5, 0.6) is 0 Å². The highest BCUT2D eigenvalue weighted by molar-refractivity contribution is 5.82. The van der Waals surface area contributed by atoms with E-state index in [4.69, 9.17) is 4.74 Å². The molecule has 6 nitrogen and oxygen atoms in total. The van der Waals surface area contributed by atoms with Gasteiger partial charge in [-0.25, -0.2) is 4.39 Å². The van der Waals surface area contributed by atoms with E-state index in [2.05, 4.69) is 22.1 Å². The smallest absolute Gasteiger partial charge is 0.310 e. The van der Waals surface area contributed by atoms with Crippen molar-refractivity contribution in [3.8, 4) is 0 Å². The summed E-state index contributed by atoms with van der Waals surface area (Å²) in [5.74, 6) is 0.524.